The van der Waals surface area contributed by atoms with Crippen LogP contribution in [0.1, 0.15) is 29.8 Å². The van der Waals surface area contributed by atoms with Gasteiger partial charge in [-0.1, -0.05) is 6.08 Å². The van der Waals surface area contributed by atoms with Gasteiger partial charge in [0.15, 0.2) is 0 Å². The van der Waals surface area contributed by atoms with Gasteiger partial charge in [-0.2, -0.15) is 0 Å². The van der Waals surface area contributed by atoms with Gasteiger partial charge in [0, 0.05) is 0 Å². The summed E-state index contributed by atoms with van der Waals surface area (Å²) in [4.78, 5) is 11.6. The molecule has 0 radical (unpaired) electrons. The average Bonchev–Trinajstić information content (AvgIpc) is 2.20. The Labute approximate surface area is 95.4 Å². The number of aromatic hydroxyl groups is 1. The SMILES string of the molecule is C=CCc1cc(C(=O)OC(C)C)ccc1O. The zero-order chi connectivity index (χ0) is 12.1. The first-order chi connectivity index (χ1) is 7.54. The number of carbonyl (C=O) groups is 1. The highest BCUT2D eigenvalue weighted by molar-refractivity contribution is 5.90. The smallest absolute Gasteiger partial charge is 0.338 e. The summed E-state index contributed by atoms with van der Waals surface area (Å²) in [7, 11) is 0. The van der Waals surface area contributed by atoms with E-state index in [0.717, 1.165) is 0 Å². The lowest BCUT2D eigenvalue weighted by Crippen LogP contribution is -2.11. The predicted octanol–water partition coefficient (Wildman–Crippen LogP) is 2.69. The van der Waals surface area contributed by atoms with E-state index in [9.17, 15) is 9.90 Å². The predicted molar refractivity (Wildman–Crippen MR) is 62.6 cm³/mol. The summed E-state index contributed by atoms with van der Waals surface area (Å²) < 4.78 is 5.06. The van der Waals surface area contributed by atoms with Crippen molar-refractivity contribution in [2.45, 2.75) is 26.4 Å². The second-order valence-electron chi connectivity index (χ2n) is 3.79. The molecular weight excluding hydrogens is 204 g/mol. The standard InChI is InChI=1S/C13H16O3/c1-4-5-10-8-11(6-7-12(10)14)13(15)16-9(2)3/h4,6-9,14H,1,5H2,2-3H3. The number of carbonyl (C=O) groups excluding carboxylic acids is 1. The third-order valence-electron chi connectivity index (χ3n) is 2.02. The lowest BCUT2D eigenvalue weighted by atomic mass is 10.1. The van der Waals surface area contributed by atoms with Crippen LogP contribution in [0.15, 0.2) is 30.9 Å². The van der Waals surface area contributed by atoms with Crippen LogP contribution in [0.5, 0.6) is 5.75 Å². The van der Waals surface area contributed by atoms with E-state index < -0.39 is 0 Å². The number of ether oxygens (including phenoxy) is 1. The molecule has 16 heavy (non-hydrogen) atoms. The van der Waals surface area contributed by atoms with Gasteiger partial charge in [-0.05, 0) is 44.0 Å². The van der Waals surface area contributed by atoms with Gasteiger partial charge < -0.3 is 9.84 Å². The summed E-state index contributed by atoms with van der Waals surface area (Å²) in [6, 6.07) is 4.67. The van der Waals surface area contributed by atoms with Crippen LogP contribution in [0, 0.1) is 0 Å². The van der Waals surface area contributed by atoms with E-state index in [-0.39, 0.29) is 17.8 Å². The molecule has 0 amide bonds. The van der Waals surface area contributed by atoms with Crippen molar-refractivity contribution in [1.82, 2.24) is 0 Å². The monoisotopic (exact) mass is 220 g/mol. The van der Waals surface area contributed by atoms with Gasteiger partial charge in [0.2, 0.25) is 0 Å². The molecule has 0 saturated carbocycles. The molecule has 1 aromatic carbocycles. The van der Waals surface area contributed by atoms with Crippen LogP contribution in [0.2, 0.25) is 0 Å². The van der Waals surface area contributed by atoms with Gasteiger partial charge in [0.1, 0.15) is 5.75 Å². The van der Waals surface area contributed by atoms with Gasteiger partial charge in [-0.15, -0.1) is 6.58 Å². The van der Waals surface area contributed by atoms with Crippen molar-refractivity contribution in [3.05, 3.63) is 42.0 Å². The fraction of sp³-hybridized carbons (Fsp3) is 0.308. The second-order valence-corrected chi connectivity index (χ2v) is 3.79. The maximum Gasteiger partial charge on any atom is 0.338 e. The number of benzene rings is 1. The third-order valence-corrected chi connectivity index (χ3v) is 2.02. The van der Waals surface area contributed by atoms with Crippen molar-refractivity contribution in [3.63, 3.8) is 0 Å². The highest BCUT2D eigenvalue weighted by Gasteiger charge is 2.11. The topological polar surface area (TPSA) is 46.5 Å². The summed E-state index contributed by atoms with van der Waals surface area (Å²) >= 11 is 0. The molecule has 0 aliphatic rings. The Morgan fingerprint density at radius 3 is 2.81 bits per heavy atom. The first-order valence-corrected chi connectivity index (χ1v) is 5.18. The van der Waals surface area contributed by atoms with E-state index in [2.05, 4.69) is 6.58 Å². The van der Waals surface area contributed by atoms with Crippen LogP contribution in [0.25, 0.3) is 0 Å². The molecule has 1 N–H and O–H groups in total. The van der Waals surface area contributed by atoms with Crippen molar-refractivity contribution in [2.24, 2.45) is 0 Å². The molecule has 0 fully saturated rings. The van der Waals surface area contributed by atoms with Crippen LogP contribution < -0.4 is 0 Å². The minimum atomic E-state index is -0.375. The maximum atomic E-state index is 11.6. The van der Waals surface area contributed by atoms with Gasteiger partial charge >= 0.3 is 5.97 Å². The summed E-state index contributed by atoms with van der Waals surface area (Å²) in [5.74, 6) is -0.207. The Kier molecular flexibility index (Phi) is 4.11. The van der Waals surface area contributed by atoms with Crippen LogP contribution in [0.4, 0.5) is 0 Å². The molecule has 0 unspecified atom stereocenters. The fourth-order valence-electron chi connectivity index (χ4n) is 1.31. The molecular formula is C13H16O3. The van der Waals surface area contributed by atoms with Gasteiger partial charge in [-0.3, -0.25) is 0 Å². The molecule has 0 aliphatic heterocycles. The first kappa shape index (κ1) is 12.3. The highest BCUT2D eigenvalue weighted by Crippen LogP contribution is 2.20. The molecule has 0 saturated heterocycles. The number of phenolic OH excluding ortho intramolecular Hbond substituents is 1. The van der Waals surface area contributed by atoms with Crippen LogP contribution in [-0.2, 0) is 11.2 Å². The average molecular weight is 220 g/mol. The third kappa shape index (κ3) is 3.12. The number of rotatable bonds is 4. The molecule has 0 heterocycles. The second kappa shape index (κ2) is 5.35. The Balaban J connectivity index is 2.93. The Bertz CT molecular complexity index is 394. The summed E-state index contributed by atoms with van der Waals surface area (Å²) in [5.41, 5.74) is 1.12. The molecule has 0 bridgehead atoms. The molecule has 0 aromatic heterocycles. The summed E-state index contributed by atoms with van der Waals surface area (Å²) in [6.45, 7) is 7.18. The largest absolute Gasteiger partial charge is 0.508 e. The van der Waals surface area contributed by atoms with Crippen LogP contribution >= 0.6 is 0 Å². The normalized spacial score (nSPS) is 10.2. The van der Waals surface area contributed by atoms with Crippen LogP contribution in [0.3, 0.4) is 0 Å². The van der Waals surface area contributed by atoms with Crippen molar-refractivity contribution in [1.29, 1.82) is 0 Å². The Morgan fingerprint density at radius 1 is 1.56 bits per heavy atom. The van der Waals surface area contributed by atoms with E-state index in [1.165, 1.54) is 6.07 Å². The maximum absolute atomic E-state index is 11.6. The zero-order valence-electron chi connectivity index (χ0n) is 9.56. The highest BCUT2D eigenvalue weighted by atomic mass is 16.5. The molecule has 3 heteroatoms. The number of hydrogen-bond donors (Lipinski definition) is 1. The minimum Gasteiger partial charge on any atom is -0.508 e. The van der Waals surface area contributed by atoms with E-state index >= 15 is 0 Å². The first-order valence-electron chi connectivity index (χ1n) is 5.18. The number of esters is 1. The van der Waals surface area contributed by atoms with E-state index in [4.69, 9.17) is 4.74 Å². The lowest BCUT2D eigenvalue weighted by molar-refractivity contribution is 0.0378. The van der Waals surface area contributed by atoms with Crippen molar-refractivity contribution < 1.29 is 14.6 Å². The number of phenols is 1. The van der Waals surface area contributed by atoms with Gasteiger partial charge in [-0.25, -0.2) is 4.79 Å². The van der Waals surface area contributed by atoms with Crippen molar-refractivity contribution in [2.75, 3.05) is 0 Å². The lowest BCUT2D eigenvalue weighted by Gasteiger charge is -2.09. The summed E-state index contributed by atoms with van der Waals surface area (Å²) in [6.07, 6.45) is 2.05. The Morgan fingerprint density at radius 2 is 2.25 bits per heavy atom. The molecule has 0 aliphatic carbocycles. The molecule has 0 atom stereocenters. The molecule has 3 nitrogen and oxygen atoms in total. The summed E-state index contributed by atoms with van der Waals surface area (Å²) in [5, 5.41) is 9.53. The van der Waals surface area contributed by atoms with E-state index in [1.54, 1.807) is 32.1 Å². The van der Waals surface area contributed by atoms with Crippen LogP contribution in [-0.4, -0.2) is 17.2 Å². The quantitative estimate of drug-likeness (QED) is 0.626. The van der Waals surface area contributed by atoms with E-state index in [0.29, 0.717) is 17.5 Å². The van der Waals surface area contributed by atoms with Crippen molar-refractivity contribution >= 4 is 5.97 Å². The number of hydrogen-bond acceptors (Lipinski definition) is 3. The molecule has 86 valence electrons. The molecule has 1 aromatic rings. The molecule has 0 spiro atoms. The zero-order valence-corrected chi connectivity index (χ0v) is 9.56. The Hall–Kier alpha value is -1.77. The van der Waals surface area contributed by atoms with Gasteiger partial charge in [0.25, 0.3) is 0 Å². The van der Waals surface area contributed by atoms with E-state index in [1.807, 2.05) is 0 Å². The van der Waals surface area contributed by atoms with Crippen molar-refractivity contribution in [3.8, 4) is 5.75 Å². The molecule has 1 rings (SSSR count). The number of allylic oxidation sites excluding steroid dienone is 1. The van der Waals surface area contributed by atoms with Gasteiger partial charge in [0.05, 0.1) is 11.7 Å². The fourth-order valence-corrected chi connectivity index (χ4v) is 1.31. The minimum absolute atomic E-state index is 0.149.